The summed E-state index contributed by atoms with van der Waals surface area (Å²) < 4.78 is 42.0. The number of nitrogens with one attached hydrogen (secondary N) is 3. The Morgan fingerprint density at radius 2 is 1.81 bits per heavy atom. The molecule has 164 valence electrons. The molecular weight excluding hydrogens is 423 g/mol. The molecule has 0 unspecified atom stereocenters. The summed E-state index contributed by atoms with van der Waals surface area (Å²) in [6.45, 7) is 1.68. The Hall–Kier alpha value is -3.66. The first-order valence-electron chi connectivity index (χ1n) is 10.1. The fraction of sp³-hybridized carbons (Fsp3) is 0.227. The number of hydrogen-bond donors (Lipinski definition) is 3. The number of carbonyl (C=O) groups excluding carboxylic acids is 1. The van der Waals surface area contributed by atoms with Crippen LogP contribution >= 0.6 is 0 Å². The number of piperidine rings is 1. The molecule has 1 amide bonds. The van der Waals surface area contributed by atoms with Crippen molar-refractivity contribution in [2.75, 3.05) is 18.4 Å². The Kier molecular flexibility index (Phi) is 4.93. The van der Waals surface area contributed by atoms with Crippen LogP contribution in [0.2, 0.25) is 0 Å². The Balaban J connectivity index is 1.62. The Labute approximate surface area is 179 Å². The molecule has 0 radical (unpaired) electrons. The fourth-order valence-corrected chi connectivity index (χ4v) is 4.18. The van der Waals surface area contributed by atoms with Gasteiger partial charge in [0.05, 0.1) is 22.3 Å². The molecule has 5 rings (SSSR count). The number of H-pyrrole nitrogens is 1. The van der Waals surface area contributed by atoms with Crippen molar-refractivity contribution in [3.63, 3.8) is 0 Å². The van der Waals surface area contributed by atoms with Crippen molar-refractivity contribution in [3.8, 4) is 0 Å². The minimum atomic E-state index is -1.64. The lowest BCUT2D eigenvalue weighted by Crippen LogP contribution is -2.28. The monoisotopic (exact) mass is 441 g/mol. The lowest BCUT2D eigenvalue weighted by molar-refractivity contribution is 0.102. The number of carbonyl (C=O) groups is 1. The van der Waals surface area contributed by atoms with E-state index in [1.54, 1.807) is 22.7 Å². The summed E-state index contributed by atoms with van der Waals surface area (Å²) in [5, 5.41) is 11.0. The molecular formula is C22H18F3N5O2. The van der Waals surface area contributed by atoms with Crippen molar-refractivity contribution >= 4 is 28.1 Å². The van der Waals surface area contributed by atoms with Gasteiger partial charge < -0.3 is 15.6 Å². The van der Waals surface area contributed by atoms with Crippen molar-refractivity contribution in [1.29, 1.82) is 0 Å². The van der Waals surface area contributed by atoms with Gasteiger partial charge in [0.25, 0.3) is 11.5 Å². The van der Waals surface area contributed by atoms with Crippen molar-refractivity contribution in [2.24, 2.45) is 0 Å². The summed E-state index contributed by atoms with van der Waals surface area (Å²) >= 11 is 0. The van der Waals surface area contributed by atoms with Crippen LogP contribution < -0.4 is 16.2 Å². The molecule has 1 aliphatic rings. The van der Waals surface area contributed by atoms with Crippen LogP contribution in [0.15, 0.2) is 41.2 Å². The standard InChI is InChI=1S/C22H18F3N5O2/c23-13-8-12(9-14(24)20(13)25)22(32)27-15-2-1-3-16-19(15)21-28-18(31)10-17(30(21)29-16)11-4-6-26-7-5-11/h1-3,8-11,26H,4-7H2,(H,27,32)(H,28,31). The molecule has 10 heteroatoms. The average molecular weight is 441 g/mol. The first-order chi connectivity index (χ1) is 15.4. The van der Waals surface area contributed by atoms with E-state index in [1.165, 1.54) is 6.07 Å². The van der Waals surface area contributed by atoms with Crippen LogP contribution in [-0.2, 0) is 0 Å². The summed E-state index contributed by atoms with van der Waals surface area (Å²) in [5.41, 5.74) is 1.34. The van der Waals surface area contributed by atoms with E-state index in [4.69, 9.17) is 0 Å². The van der Waals surface area contributed by atoms with Crippen molar-refractivity contribution in [2.45, 2.75) is 18.8 Å². The maximum absolute atomic E-state index is 13.6. The maximum atomic E-state index is 13.6. The summed E-state index contributed by atoms with van der Waals surface area (Å²) in [7, 11) is 0. The third-order valence-electron chi connectivity index (χ3n) is 5.72. The summed E-state index contributed by atoms with van der Waals surface area (Å²) in [6.07, 6.45) is 1.72. The second-order valence-electron chi connectivity index (χ2n) is 7.75. The van der Waals surface area contributed by atoms with E-state index in [0.717, 1.165) is 31.6 Å². The molecule has 32 heavy (non-hydrogen) atoms. The molecule has 0 atom stereocenters. The quantitative estimate of drug-likeness (QED) is 0.426. The van der Waals surface area contributed by atoms with E-state index >= 15 is 0 Å². The van der Waals surface area contributed by atoms with Crippen LogP contribution in [-0.4, -0.2) is 33.6 Å². The van der Waals surface area contributed by atoms with Gasteiger partial charge in [0.1, 0.15) is 5.65 Å². The molecule has 0 aliphatic carbocycles. The van der Waals surface area contributed by atoms with Crippen LogP contribution in [0, 0.1) is 17.5 Å². The summed E-state index contributed by atoms with van der Waals surface area (Å²) in [5.74, 6) is -5.24. The number of nitrogens with zero attached hydrogens (tertiary/aromatic N) is 2. The van der Waals surface area contributed by atoms with E-state index in [0.29, 0.717) is 34.4 Å². The number of aromatic nitrogens is 3. The fourth-order valence-electron chi connectivity index (χ4n) is 4.18. The van der Waals surface area contributed by atoms with Gasteiger partial charge in [-0.15, -0.1) is 0 Å². The molecule has 3 heterocycles. The number of benzene rings is 2. The van der Waals surface area contributed by atoms with Gasteiger partial charge in [0, 0.05) is 17.5 Å². The van der Waals surface area contributed by atoms with Gasteiger partial charge in [0.2, 0.25) is 0 Å². The first-order valence-corrected chi connectivity index (χ1v) is 10.1. The molecule has 1 saturated heterocycles. The number of amides is 1. The van der Waals surface area contributed by atoms with Crippen molar-refractivity contribution < 1.29 is 18.0 Å². The summed E-state index contributed by atoms with van der Waals surface area (Å²) in [4.78, 5) is 27.9. The van der Waals surface area contributed by atoms with Crippen molar-refractivity contribution in [3.05, 3.63) is 75.5 Å². The molecule has 1 aliphatic heterocycles. The van der Waals surface area contributed by atoms with Crippen LogP contribution in [0.25, 0.3) is 16.6 Å². The third-order valence-corrected chi connectivity index (χ3v) is 5.72. The highest BCUT2D eigenvalue weighted by Gasteiger charge is 2.22. The van der Waals surface area contributed by atoms with Crippen LogP contribution in [0.4, 0.5) is 18.9 Å². The SMILES string of the molecule is O=C(Nc1cccc2nn3c(C4CCNCC4)cc(=O)[nH]c3c12)c1cc(F)c(F)c(F)c1. The number of halogens is 3. The third kappa shape index (κ3) is 3.42. The van der Waals surface area contributed by atoms with Gasteiger partial charge in [-0.2, -0.15) is 5.10 Å². The minimum Gasteiger partial charge on any atom is -0.321 e. The van der Waals surface area contributed by atoms with Crippen LogP contribution in [0.3, 0.4) is 0 Å². The number of hydrogen-bond acceptors (Lipinski definition) is 4. The molecule has 7 nitrogen and oxygen atoms in total. The maximum Gasteiger partial charge on any atom is 0.255 e. The second kappa shape index (κ2) is 7.79. The largest absolute Gasteiger partial charge is 0.321 e. The van der Waals surface area contributed by atoms with Crippen LogP contribution in [0.1, 0.15) is 34.8 Å². The van der Waals surface area contributed by atoms with Gasteiger partial charge in [-0.3, -0.25) is 9.59 Å². The van der Waals surface area contributed by atoms with Crippen LogP contribution in [0.5, 0.6) is 0 Å². The Morgan fingerprint density at radius 1 is 1.09 bits per heavy atom. The summed E-state index contributed by atoms with van der Waals surface area (Å²) in [6, 6.07) is 7.78. The molecule has 0 bridgehead atoms. The van der Waals surface area contributed by atoms with Gasteiger partial charge in [0.15, 0.2) is 17.5 Å². The smallest absolute Gasteiger partial charge is 0.255 e. The highest BCUT2D eigenvalue weighted by atomic mass is 19.2. The van der Waals surface area contributed by atoms with E-state index < -0.39 is 23.4 Å². The lowest BCUT2D eigenvalue weighted by atomic mass is 9.94. The highest BCUT2D eigenvalue weighted by molar-refractivity contribution is 6.11. The predicted octanol–water partition coefficient (Wildman–Crippen LogP) is 3.31. The zero-order valence-electron chi connectivity index (χ0n) is 16.7. The number of anilines is 1. The normalized spacial score (nSPS) is 14.8. The van der Waals surface area contributed by atoms with E-state index in [9.17, 15) is 22.8 Å². The Morgan fingerprint density at radius 3 is 2.53 bits per heavy atom. The van der Waals surface area contributed by atoms with Gasteiger partial charge in [-0.05, 0) is 50.2 Å². The molecule has 4 aromatic rings. The van der Waals surface area contributed by atoms with E-state index in [-0.39, 0.29) is 17.0 Å². The van der Waals surface area contributed by atoms with Crippen molar-refractivity contribution in [1.82, 2.24) is 19.9 Å². The molecule has 2 aromatic carbocycles. The molecule has 3 N–H and O–H groups in total. The minimum absolute atomic E-state index is 0.151. The zero-order valence-corrected chi connectivity index (χ0v) is 16.7. The number of fused-ring (bicyclic) bond motifs is 3. The Bertz CT molecular complexity index is 1400. The zero-order chi connectivity index (χ0) is 22.4. The molecule has 1 fully saturated rings. The average Bonchev–Trinajstić information content (AvgIpc) is 3.16. The molecule has 0 saturated carbocycles. The van der Waals surface area contributed by atoms with E-state index in [1.807, 2.05) is 0 Å². The molecule has 2 aromatic heterocycles. The second-order valence-corrected chi connectivity index (χ2v) is 7.75. The van der Waals surface area contributed by atoms with Gasteiger partial charge in [-0.25, -0.2) is 17.7 Å². The number of rotatable bonds is 3. The highest BCUT2D eigenvalue weighted by Crippen LogP contribution is 2.30. The first kappa shape index (κ1) is 20.3. The molecule has 0 spiro atoms. The predicted molar refractivity (Wildman–Crippen MR) is 112 cm³/mol. The van der Waals surface area contributed by atoms with E-state index in [2.05, 4.69) is 20.7 Å². The van der Waals surface area contributed by atoms with Gasteiger partial charge >= 0.3 is 0 Å². The van der Waals surface area contributed by atoms with Gasteiger partial charge in [-0.1, -0.05) is 6.07 Å². The topological polar surface area (TPSA) is 91.3 Å². The number of aromatic amines is 1. The lowest BCUT2D eigenvalue weighted by Gasteiger charge is -2.23.